The third-order valence-electron chi connectivity index (χ3n) is 5.29. The van der Waals surface area contributed by atoms with Crippen LogP contribution in [0.3, 0.4) is 0 Å². The van der Waals surface area contributed by atoms with Gasteiger partial charge in [0.25, 0.3) is 0 Å². The fourth-order valence-corrected chi connectivity index (χ4v) is 3.62. The molecule has 6 atom stereocenters. The van der Waals surface area contributed by atoms with Gasteiger partial charge in [-0.05, 0) is 25.1 Å². The molecule has 31 heavy (non-hydrogen) atoms. The first-order chi connectivity index (χ1) is 13.9. The zero-order valence-corrected chi connectivity index (χ0v) is 22.0. The van der Waals surface area contributed by atoms with Gasteiger partial charge in [-0.25, -0.2) is 4.79 Å². The van der Waals surface area contributed by atoms with E-state index in [1.165, 1.54) is 0 Å². The Kier molecular flexibility index (Phi) is 10.8. The molecular formula is C18H35Cl3N2O7Si. The number of ether oxygens (including phenoxy) is 3. The van der Waals surface area contributed by atoms with Crippen molar-refractivity contribution >= 4 is 49.2 Å². The number of aliphatic hydroxyl groups is 2. The minimum Gasteiger partial charge on any atom is -0.445 e. The van der Waals surface area contributed by atoms with Crippen molar-refractivity contribution in [2.24, 2.45) is 5.73 Å². The summed E-state index contributed by atoms with van der Waals surface area (Å²) in [6.07, 6.45) is -5.75. The van der Waals surface area contributed by atoms with Crippen molar-refractivity contribution in [2.45, 2.75) is 86.3 Å². The predicted octanol–water partition coefficient (Wildman–Crippen LogP) is 2.28. The summed E-state index contributed by atoms with van der Waals surface area (Å²) in [5.41, 5.74) is 5.74. The maximum absolute atomic E-state index is 12.1. The van der Waals surface area contributed by atoms with Crippen LogP contribution in [0, 0.1) is 0 Å². The molecule has 13 heteroatoms. The summed E-state index contributed by atoms with van der Waals surface area (Å²) in [7, 11) is -2.13. The van der Waals surface area contributed by atoms with Gasteiger partial charge < -0.3 is 39.9 Å². The van der Waals surface area contributed by atoms with E-state index in [4.69, 9.17) is 59.2 Å². The fourth-order valence-electron chi connectivity index (χ4n) is 2.44. The number of nitrogens with two attached hydrogens (primary N) is 1. The number of hydrogen-bond acceptors (Lipinski definition) is 8. The van der Waals surface area contributed by atoms with E-state index >= 15 is 0 Å². The molecule has 1 saturated heterocycles. The molecule has 1 aliphatic heterocycles. The largest absolute Gasteiger partial charge is 0.445 e. The van der Waals surface area contributed by atoms with Crippen LogP contribution in [0.25, 0.3) is 0 Å². The molecule has 1 rings (SSSR count). The topological polar surface area (TPSA) is 132 Å². The number of carbonyl (C=O) groups excluding carboxylic acids is 1. The molecule has 1 fully saturated rings. The number of hydrogen-bond donors (Lipinski definition) is 4. The maximum Gasteiger partial charge on any atom is 0.407 e. The van der Waals surface area contributed by atoms with Crippen LogP contribution < -0.4 is 11.1 Å². The highest BCUT2D eigenvalue weighted by Crippen LogP contribution is 2.37. The van der Waals surface area contributed by atoms with Gasteiger partial charge in [0.1, 0.15) is 31.0 Å². The predicted molar refractivity (Wildman–Crippen MR) is 122 cm³/mol. The number of halogens is 3. The Balaban J connectivity index is 2.89. The van der Waals surface area contributed by atoms with Crippen molar-refractivity contribution in [3.8, 4) is 0 Å². The zero-order valence-electron chi connectivity index (χ0n) is 18.7. The first kappa shape index (κ1) is 29.1. The number of alkyl carbamates (subject to hydrolysis) is 1. The van der Waals surface area contributed by atoms with E-state index in [2.05, 4.69) is 39.2 Å². The highest BCUT2D eigenvalue weighted by Gasteiger charge is 2.47. The second-order valence-corrected chi connectivity index (χ2v) is 16.6. The Labute approximate surface area is 199 Å². The molecule has 0 aromatic heterocycles. The molecule has 1 heterocycles. The molecule has 1 aliphatic rings. The lowest BCUT2D eigenvalue weighted by molar-refractivity contribution is -0.269. The van der Waals surface area contributed by atoms with Crippen LogP contribution in [0.2, 0.25) is 18.1 Å². The zero-order chi connectivity index (χ0) is 24.2. The van der Waals surface area contributed by atoms with Crippen LogP contribution in [-0.4, -0.2) is 84.9 Å². The van der Waals surface area contributed by atoms with E-state index in [9.17, 15) is 15.0 Å². The first-order valence-corrected chi connectivity index (χ1v) is 14.0. The molecule has 9 nitrogen and oxygen atoms in total. The molecule has 0 radical (unpaired) electrons. The van der Waals surface area contributed by atoms with Crippen LogP contribution in [0.1, 0.15) is 27.7 Å². The van der Waals surface area contributed by atoms with E-state index in [1.54, 1.807) is 6.92 Å². The molecule has 5 N–H and O–H groups in total. The second kappa shape index (κ2) is 11.5. The van der Waals surface area contributed by atoms with Crippen molar-refractivity contribution in [2.75, 3.05) is 19.8 Å². The van der Waals surface area contributed by atoms with Crippen molar-refractivity contribution in [3.05, 3.63) is 0 Å². The van der Waals surface area contributed by atoms with Gasteiger partial charge in [0.2, 0.25) is 3.79 Å². The normalized spacial score (nSPS) is 28.8. The lowest BCUT2D eigenvalue weighted by atomic mass is 9.97. The summed E-state index contributed by atoms with van der Waals surface area (Å²) in [5.74, 6) is 0. The Morgan fingerprint density at radius 2 is 1.81 bits per heavy atom. The SMILES string of the molecule is C[C@@H](N)COC1OC(CO[Si](C)(C)C(C)(C)C)[C@H](O)[C@H](O)[C@H]1NC(=O)OCC(Cl)(Cl)Cl. The number of rotatable bonds is 8. The highest BCUT2D eigenvalue weighted by molar-refractivity contribution is 6.74. The summed E-state index contributed by atoms with van der Waals surface area (Å²) in [4.78, 5) is 12.1. The molecule has 0 spiro atoms. The van der Waals surface area contributed by atoms with Gasteiger partial charge in [-0.2, -0.15) is 0 Å². The highest BCUT2D eigenvalue weighted by atomic mass is 35.6. The number of amides is 1. The molecular weight excluding hydrogens is 491 g/mol. The number of carbonyl (C=O) groups is 1. The van der Waals surface area contributed by atoms with Crippen LogP contribution in [0.15, 0.2) is 0 Å². The van der Waals surface area contributed by atoms with Gasteiger partial charge in [-0.15, -0.1) is 0 Å². The standard InChI is InChI=1S/C18H35Cl3N2O7Si/c1-10(22)7-27-15-12(23-16(26)28-9-18(19,20)21)14(25)13(24)11(30-15)8-29-31(5,6)17(2,3)4/h10-15,24-25H,7-9,22H2,1-6H3,(H,23,26)/t10-,11?,12-,13+,14-,15?/m1/s1. The first-order valence-electron chi connectivity index (χ1n) is 9.97. The summed E-state index contributed by atoms with van der Waals surface area (Å²) < 4.78 is 20.6. The summed E-state index contributed by atoms with van der Waals surface area (Å²) in [6, 6.07) is -1.48. The smallest absolute Gasteiger partial charge is 0.407 e. The van der Waals surface area contributed by atoms with E-state index in [0.29, 0.717) is 0 Å². The van der Waals surface area contributed by atoms with Gasteiger partial charge in [0.15, 0.2) is 14.6 Å². The molecule has 2 unspecified atom stereocenters. The number of alkyl halides is 3. The third kappa shape index (κ3) is 9.48. The Morgan fingerprint density at radius 3 is 2.29 bits per heavy atom. The van der Waals surface area contributed by atoms with E-state index in [0.717, 1.165) is 0 Å². The van der Waals surface area contributed by atoms with E-state index < -0.39 is 55.5 Å². The minimum absolute atomic E-state index is 0.0492. The van der Waals surface area contributed by atoms with Gasteiger partial charge in [0.05, 0.1) is 13.2 Å². The lowest BCUT2D eigenvalue weighted by Crippen LogP contribution is -2.65. The number of aliphatic hydroxyl groups excluding tert-OH is 2. The molecule has 0 aromatic rings. The quantitative estimate of drug-likeness (QED) is 0.280. The molecule has 184 valence electrons. The van der Waals surface area contributed by atoms with Gasteiger partial charge in [-0.3, -0.25) is 0 Å². The Morgan fingerprint density at radius 1 is 1.23 bits per heavy atom. The maximum atomic E-state index is 12.1. The van der Waals surface area contributed by atoms with E-state index in [1.807, 2.05) is 0 Å². The summed E-state index contributed by atoms with van der Waals surface area (Å²) in [6.45, 7) is 11.7. The Hall–Kier alpha value is 0.117. The summed E-state index contributed by atoms with van der Waals surface area (Å²) >= 11 is 16.7. The summed E-state index contributed by atoms with van der Waals surface area (Å²) in [5, 5.41) is 23.6. The second-order valence-electron chi connectivity index (χ2n) is 9.27. The Bertz CT molecular complexity index is 587. The molecule has 1 amide bonds. The number of nitrogens with one attached hydrogen (secondary N) is 1. The molecule has 0 aromatic carbocycles. The monoisotopic (exact) mass is 524 g/mol. The van der Waals surface area contributed by atoms with Gasteiger partial charge in [0, 0.05) is 6.04 Å². The van der Waals surface area contributed by atoms with Crippen molar-refractivity contribution in [1.82, 2.24) is 5.32 Å². The van der Waals surface area contributed by atoms with Gasteiger partial charge in [-0.1, -0.05) is 55.6 Å². The van der Waals surface area contributed by atoms with Crippen molar-refractivity contribution in [1.29, 1.82) is 0 Å². The van der Waals surface area contributed by atoms with E-state index in [-0.39, 0.29) is 24.3 Å². The van der Waals surface area contributed by atoms with Crippen LogP contribution >= 0.6 is 34.8 Å². The van der Waals surface area contributed by atoms with Crippen LogP contribution in [-0.2, 0) is 18.6 Å². The molecule has 0 saturated carbocycles. The van der Waals surface area contributed by atoms with Crippen LogP contribution in [0.5, 0.6) is 0 Å². The lowest BCUT2D eigenvalue weighted by Gasteiger charge is -2.44. The van der Waals surface area contributed by atoms with Crippen LogP contribution in [0.4, 0.5) is 4.79 Å². The third-order valence-corrected chi connectivity index (χ3v) is 10.1. The molecule has 0 aliphatic carbocycles. The van der Waals surface area contributed by atoms with Crippen molar-refractivity contribution in [3.63, 3.8) is 0 Å². The minimum atomic E-state index is -2.13. The van der Waals surface area contributed by atoms with Crippen molar-refractivity contribution < 1.29 is 33.6 Å². The average Bonchev–Trinajstić information content (AvgIpc) is 2.60. The fraction of sp³-hybridized carbons (Fsp3) is 0.944. The van der Waals surface area contributed by atoms with Gasteiger partial charge >= 0.3 is 6.09 Å². The molecule has 0 bridgehead atoms. The average molecular weight is 526 g/mol.